The molecule has 16 nitrogen and oxygen atoms in total. The summed E-state index contributed by atoms with van der Waals surface area (Å²) >= 11 is 0. The highest BCUT2D eigenvalue weighted by molar-refractivity contribution is 5.88. The molecule has 8 rings (SSSR count). The zero-order valence-electron chi connectivity index (χ0n) is 35.1. The third-order valence-corrected chi connectivity index (χ3v) is 12.4. The summed E-state index contributed by atoms with van der Waals surface area (Å²) in [6.45, 7) is 8.26. The molecule has 3 saturated heterocycles. The van der Waals surface area contributed by atoms with Gasteiger partial charge in [0.25, 0.3) is 0 Å². The van der Waals surface area contributed by atoms with Crippen LogP contribution in [0.5, 0.6) is 0 Å². The van der Waals surface area contributed by atoms with E-state index in [2.05, 4.69) is 32.4 Å². The maximum absolute atomic E-state index is 14.0. The fourth-order valence-corrected chi connectivity index (χ4v) is 8.73. The number of likely N-dealkylation sites (tertiary alicyclic amines) is 1. The summed E-state index contributed by atoms with van der Waals surface area (Å²) in [7, 11) is 1.30. The molecule has 0 bridgehead atoms. The van der Waals surface area contributed by atoms with E-state index < -0.39 is 24.2 Å². The second-order valence-corrected chi connectivity index (χ2v) is 16.6. The SMILES string of the molecule is COC(=O)N[C@H](C(=O)N1CCC[C@H]1c1ncc(-c2ccc3nc(-c4ccc(-c5cnc([C@@H]6CN(C(C)=O)CCN6C(=O)[C@@H](N)C(C)C)[nH]5)cc4)ccc3c2)[nH]1)C1CCOCC1. The second-order valence-electron chi connectivity index (χ2n) is 16.6. The number of ether oxygens (including phenoxy) is 2. The molecule has 3 aliphatic rings. The summed E-state index contributed by atoms with van der Waals surface area (Å²) < 4.78 is 10.4. The molecule has 3 aromatic heterocycles. The molecule has 0 radical (unpaired) electrons. The Balaban J connectivity index is 0.957. The molecule has 0 aliphatic carbocycles. The van der Waals surface area contributed by atoms with Gasteiger partial charge in [-0.05, 0) is 61.3 Å². The lowest BCUT2D eigenvalue weighted by Crippen LogP contribution is -2.56. The number of hydrogen-bond acceptors (Lipinski definition) is 10. The molecule has 0 spiro atoms. The minimum absolute atomic E-state index is 0.0217. The van der Waals surface area contributed by atoms with Crippen LogP contribution in [0.25, 0.3) is 44.7 Å². The molecule has 5 aromatic rings. The number of nitrogens with one attached hydrogen (secondary N) is 3. The molecule has 5 N–H and O–H groups in total. The van der Waals surface area contributed by atoms with Crippen LogP contribution in [0.2, 0.25) is 0 Å². The van der Waals surface area contributed by atoms with E-state index in [1.54, 1.807) is 22.2 Å². The fraction of sp³-hybridized carbons (Fsp3) is 0.444. The van der Waals surface area contributed by atoms with Crippen molar-refractivity contribution in [2.75, 3.05) is 46.5 Å². The number of H-pyrrole nitrogens is 2. The third kappa shape index (κ3) is 8.73. The van der Waals surface area contributed by atoms with Gasteiger partial charge in [0, 0.05) is 62.8 Å². The van der Waals surface area contributed by atoms with Gasteiger partial charge < -0.3 is 45.2 Å². The summed E-state index contributed by atoms with van der Waals surface area (Å²) in [5, 5.41) is 3.78. The molecule has 6 heterocycles. The van der Waals surface area contributed by atoms with Crippen LogP contribution in [-0.2, 0) is 23.9 Å². The van der Waals surface area contributed by atoms with Crippen molar-refractivity contribution in [2.45, 2.75) is 70.6 Å². The van der Waals surface area contributed by atoms with Crippen molar-refractivity contribution in [3.05, 3.63) is 78.6 Å². The number of carbonyl (C=O) groups is 4. The molecular weight excluding hydrogens is 777 g/mol. The van der Waals surface area contributed by atoms with Crippen LogP contribution in [0.3, 0.4) is 0 Å². The number of alkyl carbamates (subject to hydrolysis) is 1. The van der Waals surface area contributed by atoms with E-state index in [1.165, 1.54) is 14.0 Å². The number of benzene rings is 2. The van der Waals surface area contributed by atoms with Crippen molar-refractivity contribution in [1.82, 2.24) is 44.9 Å². The van der Waals surface area contributed by atoms with Crippen molar-refractivity contribution in [2.24, 2.45) is 17.6 Å². The largest absolute Gasteiger partial charge is 0.453 e. The minimum Gasteiger partial charge on any atom is -0.453 e. The number of methoxy groups -OCH3 is 1. The third-order valence-electron chi connectivity index (χ3n) is 12.4. The first-order chi connectivity index (χ1) is 29.5. The average molecular weight is 831 g/mol. The van der Waals surface area contributed by atoms with E-state index in [1.807, 2.05) is 61.2 Å². The smallest absolute Gasteiger partial charge is 0.407 e. The van der Waals surface area contributed by atoms with Crippen molar-refractivity contribution >= 4 is 34.7 Å². The molecule has 3 fully saturated rings. The molecule has 320 valence electrons. The van der Waals surface area contributed by atoms with Crippen LogP contribution in [0, 0.1) is 11.8 Å². The number of carbonyl (C=O) groups excluding carboxylic acids is 4. The Bertz CT molecular complexity index is 2390. The van der Waals surface area contributed by atoms with Gasteiger partial charge >= 0.3 is 6.09 Å². The highest BCUT2D eigenvalue weighted by atomic mass is 16.5. The number of nitrogens with zero attached hydrogens (tertiary/aromatic N) is 6. The highest BCUT2D eigenvalue weighted by Crippen LogP contribution is 2.35. The number of piperazine rings is 1. The van der Waals surface area contributed by atoms with Gasteiger partial charge in [-0.25, -0.2) is 19.7 Å². The first kappa shape index (κ1) is 41.6. The number of nitrogens with two attached hydrogens (primary N) is 1. The maximum Gasteiger partial charge on any atom is 0.407 e. The van der Waals surface area contributed by atoms with Gasteiger partial charge in [-0.3, -0.25) is 14.4 Å². The van der Waals surface area contributed by atoms with E-state index in [0.717, 1.165) is 57.5 Å². The first-order valence-corrected chi connectivity index (χ1v) is 21.1. The summed E-state index contributed by atoms with van der Waals surface area (Å²) in [5.41, 5.74) is 12.4. The molecule has 16 heteroatoms. The van der Waals surface area contributed by atoms with Gasteiger partial charge in [-0.1, -0.05) is 50.2 Å². The van der Waals surface area contributed by atoms with Gasteiger partial charge in [0.2, 0.25) is 17.7 Å². The van der Waals surface area contributed by atoms with Gasteiger partial charge in [-0.2, -0.15) is 0 Å². The van der Waals surface area contributed by atoms with Crippen LogP contribution < -0.4 is 11.1 Å². The van der Waals surface area contributed by atoms with Crippen LogP contribution in [-0.4, -0.2) is 122 Å². The number of pyridine rings is 1. The van der Waals surface area contributed by atoms with Gasteiger partial charge in [-0.15, -0.1) is 0 Å². The Hall–Kier alpha value is -6.13. The van der Waals surface area contributed by atoms with E-state index >= 15 is 0 Å². The summed E-state index contributed by atoms with van der Waals surface area (Å²) in [6, 6.07) is 16.2. The number of hydrogen-bond donors (Lipinski definition) is 4. The Kier molecular flexibility index (Phi) is 12.2. The number of amides is 4. The highest BCUT2D eigenvalue weighted by Gasteiger charge is 2.40. The zero-order valence-corrected chi connectivity index (χ0v) is 35.1. The van der Waals surface area contributed by atoms with Crippen LogP contribution >= 0.6 is 0 Å². The lowest BCUT2D eigenvalue weighted by molar-refractivity contribution is -0.144. The van der Waals surface area contributed by atoms with Crippen molar-refractivity contribution < 1.29 is 28.7 Å². The van der Waals surface area contributed by atoms with E-state index in [-0.39, 0.29) is 35.6 Å². The number of fused-ring (bicyclic) bond motifs is 1. The Morgan fingerprint density at radius 1 is 0.820 bits per heavy atom. The van der Waals surface area contributed by atoms with Crippen molar-refractivity contribution in [3.8, 4) is 33.8 Å². The average Bonchev–Trinajstić information content (AvgIpc) is 4.09. The van der Waals surface area contributed by atoms with Gasteiger partial charge in [0.15, 0.2) is 0 Å². The summed E-state index contributed by atoms with van der Waals surface area (Å²) in [5.74, 6) is 0.951. The standard InChI is InChI=1S/C45H54N10O6/c1-26(2)39(46)43(57)55-19-18-53(27(3)56)25-38(55)42-48-23-35(50-42)29-9-7-28(8-10-29)33-13-11-31-22-32(12-14-34(31)49-33)36-24-47-41(51-36)37-6-5-17-54(37)44(58)40(52-45(59)60-4)30-15-20-61-21-16-30/h7-14,22-24,26,30,37-40H,5-6,15-21,25,46H2,1-4H3,(H,47,51)(H,48,50)(H,52,59)/t37-,38-,39-,40-/m0/s1. The molecule has 3 aliphatic heterocycles. The predicted octanol–water partition coefficient (Wildman–Crippen LogP) is 5.21. The second kappa shape index (κ2) is 17.8. The van der Waals surface area contributed by atoms with Gasteiger partial charge in [0.05, 0.1) is 54.2 Å². The Morgan fingerprint density at radius 3 is 2.16 bits per heavy atom. The molecule has 0 saturated carbocycles. The number of rotatable bonds is 10. The summed E-state index contributed by atoms with van der Waals surface area (Å²) in [6.07, 6.45) is 5.92. The molecule has 2 aromatic carbocycles. The van der Waals surface area contributed by atoms with Crippen LogP contribution in [0.15, 0.2) is 67.0 Å². The topological polar surface area (TPSA) is 205 Å². The van der Waals surface area contributed by atoms with E-state index in [0.29, 0.717) is 63.9 Å². The Morgan fingerprint density at radius 2 is 1.48 bits per heavy atom. The number of imidazole rings is 2. The van der Waals surface area contributed by atoms with Crippen molar-refractivity contribution in [3.63, 3.8) is 0 Å². The van der Waals surface area contributed by atoms with Crippen LogP contribution in [0.4, 0.5) is 4.79 Å². The quantitative estimate of drug-likeness (QED) is 0.145. The predicted molar refractivity (Wildman–Crippen MR) is 228 cm³/mol. The molecule has 61 heavy (non-hydrogen) atoms. The monoisotopic (exact) mass is 830 g/mol. The molecular formula is C45H54N10O6. The number of aromatic nitrogens is 5. The lowest BCUT2D eigenvalue weighted by atomic mass is 9.90. The lowest BCUT2D eigenvalue weighted by Gasteiger charge is -2.41. The van der Waals surface area contributed by atoms with E-state index in [9.17, 15) is 19.2 Å². The fourth-order valence-electron chi connectivity index (χ4n) is 8.73. The van der Waals surface area contributed by atoms with Gasteiger partial charge in [0.1, 0.15) is 23.7 Å². The zero-order chi connectivity index (χ0) is 42.8. The van der Waals surface area contributed by atoms with E-state index in [4.69, 9.17) is 25.2 Å². The molecule has 4 atom stereocenters. The normalized spacial score (nSPS) is 19.6. The maximum atomic E-state index is 14.0. The van der Waals surface area contributed by atoms with Crippen LogP contribution in [0.1, 0.15) is 70.2 Å². The first-order valence-electron chi connectivity index (χ1n) is 21.1. The number of aromatic amines is 2. The van der Waals surface area contributed by atoms with Crippen molar-refractivity contribution in [1.29, 1.82) is 0 Å². The molecule has 4 amide bonds. The Labute approximate surface area is 354 Å². The summed E-state index contributed by atoms with van der Waals surface area (Å²) in [4.78, 5) is 78.6. The minimum atomic E-state index is -0.694. The molecule has 0 unspecified atom stereocenters.